The first-order valence-corrected chi connectivity index (χ1v) is 7.05. The molecule has 2 N–H and O–H groups in total. The minimum Gasteiger partial charge on any atom is -0.338 e. The smallest absolute Gasteiger partial charge is 0.109 e. The maximum Gasteiger partial charge on any atom is 0.109 e. The molecule has 2 atom stereocenters. The van der Waals surface area contributed by atoms with Gasteiger partial charge in [0.25, 0.3) is 0 Å². The largest absolute Gasteiger partial charge is 0.338 e. The van der Waals surface area contributed by atoms with Crippen molar-refractivity contribution in [3.05, 3.63) is 53.6 Å². The van der Waals surface area contributed by atoms with Gasteiger partial charge in [-0.05, 0) is 36.3 Å². The highest BCUT2D eigenvalue weighted by atomic mass is 15.0. The summed E-state index contributed by atoms with van der Waals surface area (Å²) in [5.74, 6) is 1.55. The molecule has 1 aromatic heterocycles. The van der Waals surface area contributed by atoms with Gasteiger partial charge in [0.05, 0.1) is 0 Å². The minimum absolute atomic E-state index is 0.155. The number of hydrogen-bond donors (Lipinski definition) is 1. The van der Waals surface area contributed by atoms with Crippen molar-refractivity contribution in [2.45, 2.75) is 37.6 Å². The Morgan fingerprint density at radius 1 is 1.42 bits per heavy atom. The molecule has 1 aromatic carbocycles. The number of aromatic nitrogens is 2. The highest BCUT2D eigenvalue weighted by molar-refractivity contribution is 5.33. The zero-order valence-electron chi connectivity index (χ0n) is 11.4. The van der Waals surface area contributed by atoms with Crippen LogP contribution in [0.1, 0.15) is 35.7 Å². The van der Waals surface area contributed by atoms with Crippen LogP contribution >= 0.6 is 0 Å². The second-order valence-electron chi connectivity index (χ2n) is 5.52. The van der Waals surface area contributed by atoms with Gasteiger partial charge in [-0.3, -0.25) is 0 Å². The van der Waals surface area contributed by atoms with Gasteiger partial charge in [-0.25, -0.2) is 4.98 Å². The van der Waals surface area contributed by atoms with Gasteiger partial charge in [-0.1, -0.05) is 24.3 Å². The second kappa shape index (κ2) is 5.17. The molecule has 0 spiro atoms. The minimum atomic E-state index is 0.155. The zero-order chi connectivity index (χ0) is 13.2. The first kappa shape index (κ1) is 12.4. The molecule has 3 heteroatoms. The molecule has 2 aromatic rings. The maximum atomic E-state index is 6.47. The standard InChI is InChI=1S/C16H21N3/c1-19-10-9-18-16(19)11-15(17)14-8-4-6-12-5-2-3-7-13(12)14/h2-3,5,7,9-10,14-15H,4,6,8,11,17H2,1H3. The van der Waals surface area contributed by atoms with Crippen LogP contribution in [0.2, 0.25) is 0 Å². The Morgan fingerprint density at radius 2 is 2.26 bits per heavy atom. The fraction of sp³-hybridized carbons (Fsp3) is 0.438. The Labute approximate surface area is 114 Å². The van der Waals surface area contributed by atoms with Crippen LogP contribution in [0.25, 0.3) is 0 Å². The Balaban J connectivity index is 1.81. The number of fused-ring (bicyclic) bond motifs is 1. The Morgan fingerprint density at radius 3 is 3.05 bits per heavy atom. The lowest BCUT2D eigenvalue weighted by Gasteiger charge is -2.30. The van der Waals surface area contributed by atoms with Gasteiger partial charge in [0, 0.05) is 31.9 Å². The van der Waals surface area contributed by atoms with Crippen molar-refractivity contribution < 1.29 is 0 Å². The van der Waals surface area contributed by atoms with Crippen molar-refractivity contribution in [2.75, 3.05) is 0 Å². The summed E-state index contributed by atoms with van der Waals surface area (Å²) in [6.45, 7) is 0. The number of nitrogens with zero attached hydrogens (tertiary/aromatic N) is 2. The zero-order valence-corrected chi connectivity index (χ0v) is 11.4. The van der Waals surface area contributed by atoms with E-state index in [1.54, 1.807) is 0 Å². The molecule has 19 heavy (non-hydrogen) atoms. The van der Waals surface area contributed by atoms with Crippen LogP contribution in [-0.2, 0) is 19.9 Å². The molecule has 0 saturated carbocycles. The number of benzene rings is 1. The van der Waals surface area contributed by atoms with E-state index in [9.17, 15) is 0 Å². The van der Waals surface area contributed by atoms with Gasteiger partial charge in [0.15, 0.2) is 0 Å². The summed E-state index contributed by atoms with van der Waals surface area (Å²) in [4.78, 5) is 4.39. The van der Waals surface area contributed by atoms with Gasteiger partial charge in [0.2, 0.25) is 0 Å². The first-order chi connectivity index (χ1) is 9.25. The molecule has 100 valence electrons. The van der Waals surface area contributed by atoms with Gasteiger partial charge in [0.1, 0.15) is 5.82 Å². The SMILES string of the molecule is Cn1ccnc1CC(N)C1CCCc2ccccc21. The lowest BCUT2D eigenvalue weighted by atomic mass is 9.78. The molecule has 1 heterocycles. The predicted molar refractivity (Wildman–Crippen MR) is 77.0 cm³/mol. The number of nitrogens with two attached hydrogens (primary N) is 1. The quantitative estimate of drug-likeness (QED) is 0.915. The number of rotatable bonds is 3. The van der Waals surface area contributed by atoms with Crippen LogP contribution in [-0.4, -0.2) is 15.6 Å². The Bertz CT molecular complexity index is 559. The molecular formula is C16H21N3. The topological polar surface area (TPSA) is 43.8 Å². The van der Waals surface area contributed by atoms with Gasteiger partial charge < -0.3 is 10.3 Å². The average molecular weight is 255 g/mol. The molecule has 1 aliphatic rings. The molecule has 0 fully saturated rings. The van der Waals surface area contributed by atoms with Crippen LogP contribution in [0, 0.1) is 0 Å². The normalized spacial score (nSPS) is 20.0. The molecule has 0 radical (unpaired) electrons. The van der Waals surface area contributed by atoms with Crippen molar-refractivity contribution in [3.8, 4) is 0 Å². The molecule has 3 nitrogen and oxygen atoms in total. The molecule has 0 aliphatic heterocycles. The third kappa shape index (κ3) is 2.43. The van der Waals surface area contributed by atoms with Crippen molar-refractivity contribution >= 4 is 0 Å². The fourth-order valence-corrected chi connectivity index (χ4v) is 3.18. The molecular weight excluding hydrogens is 234 g/mol. The summed E-state index contributed by atoms with van der Waals surface area (Å²) < 4.78 is 2.06. The van der Waals surface area contributed by atoms with Crippen molar-refractivity contribution in [2.24, 2.45) is 12.8 Å². The highest BCUT2D eigenvalue weighted by Crippen LogP contribution is 2.33. The molecule has 0 bridgehead atoms. The molecule has 2 unspecified atom stereocenters. The van der Waals surface area contributed by atoms with E-state index in [1.807, 2.05) is 19.4 Å². The number of aryl methyl sites for hydroxylation is 2. The van der Waals surface area contributed by atoms with E-state index in [-0.39, 0.29) is 6.04 Å². The lowest BCUT2D eigenvalue weighted by Crippen LogP contribution is -2.33. The Kier molecular flexibility index (Phi) is 3.38. The van der Waals surface area contributed by atoms with Gasteiger partial charge >= 0.3 is 0 Å². The van der Waals surface area contributed by atoms with Gasteiger partial charge in [-0.15, -0.1) is 0 Å². The fourth-order valence-electron chi connectivity index (χ4n) is 3.18. The number of imidazole rings is 1. The predicted octanol–water partition coefficient (Wildman–Crippen LogP) is 2.41. The monoisotopic (exact) mass is 255 g/mol. The Hall–Kier alpha value is -1.61. The van der Waals surface area contributed by atoms with Crippen molar-refractivity contribution in [1.29, 1.82) is 0 Å². The van der Waals surface area contributed by atoms with Crippen LogP contribution < -0.4 is 5.73 Å². The molecule has 0 amide bonds. The molecule has 0 saturated heterocycles. The van der Waals surface area contributed by atoms with Crippen molar-refractivity contribution in [1.82, 2.24) is 9.55 Å². The van der Waals surface area contributed by atoms with Crippen LogP contribution in [0.15, 0.2) is 36.7 Å². The summed E-state index contributed by atoms with van der Waals surface area (Å²) in [6.07, 6.45) is 8.32. The van der Waals surface area contributed by atoms with E-state index >= 15 is 0 Å². The third-order valence-corrected chi connectivity index (χ3v) is 4.27. The summed E-state index contributed by atoms with van der Waals surface area (Å²) >= 11 is 0. The van der Waals surface area contributed by atoms with E-state index in [4.69, 9.17) is 5.73 Å². The summed E-state index contributed by atoms with van der Waals surface area (Å²) in [5, 5.41) is 0. The van der Waals surface area contributed by atoms with Crippen LogP contribution in [0.4, 0.5) is 0 Å². The number of hydrogen-bond acceptors (Lipinski definition) is 2. The van der Waals surface area contributed by atoms with E-state index in [2.05, 4.69) is 33.8 Å². The van der Waals surface area contributed by atoms with Crippen LogP contribution in [0.3, 0.4) is 0 Å². The van der Waals surface area contributed by atoms with Crippen LogP contribution in [0.5, 0.6) is 0 Å². The maximum absolute atomic E-state index is 6.47. The lowest BCUT2D eigenvalue weighted by molar-refractivity contribution is 0.451. The van der Waals surface area contributed by atoms with E-state index in [1.165, 1.54) is 30.4 Å². The van der Waals surface area contributed by atoms with E-state index in [0.717, 1.165) is 12.2 Å². The van der Waals surface area contributed by atoms with E-state index in [0.29, 0.717) is 5.92 Å². The second-order valence-corrected chi connectivity index (χ2v) is 5.52. The molecule has 3 rings (SSSR count). The summed E-state index contributed by atoms with van der Waals surface area (Å²) in [7, 11) is 2.03. The van der Waals surface area contributed by atoms with Gasteiger partial charge in [-0.2, -0.15) is 0 Å². The van der Waals surface area contributed by atoms with E-state index < -0.39 is 0 Å². The average Bonchev–Trinajstić information content (AvgIpc) is 2.83. The summed E-state index contributed by atoms with van der Waals surface area (Å²) in [5.41, 5.74) is 9.40. The first-order valence-electron chi connectivity index (χ1n) is 7.05. The third-order valence-electron chi connectivity index (χ3n) is 4.27. The van der Waals surface area contributed by atoms with Crippen molar-refractivity contribution in [3.63, 3.8) is 0 Å². The summed E-state index contributed by atoms with van der Waals surface area (Å²) in [6, 6.07) is 8.91. The molecule has 1 aliphatic carbocycles. The highest BCUT2D eigenvalue weighted by Gasteiger charge is 2.26.